The average molecular weight is 566 g/mol. The molecule has 1 aliphatic rings. The molecule has 1 fully saturated rings. The molecule has 2 aromatic rings. The van der Waals surface area contributed by atoms with Gasteiger partial charge < -0.3 is 29.3 Å². The van der Waals surface area contributed by atoms with E-state index in [9.17, 15) is 14.4 Å². The Morgan fingerprint density at radius 3 is 2.42 bits per heavy atom. The monoisotopic (exact) mass is 565 g/mol. The minimum absolute atomic E-state index is 0.109. The summed E-state index contributed by atoms with van der Waals surface area (Å²) in [5.41, 5.74) is 0.893. The number of amides is 2. The molecule has 0 saturated carbocycles. The van der Waals surface area contributed by atoms with E-state index in [0.29, 0.717) is 38.4 Å². The van der Waals surface area contributed by atoms with Gasteiger partial charge in [-0.25, -0.2) is 9.59 Å². The summed E-state index contributed by atoms with van der Waals surface area (Å²) in [6.07, 6.45) is -0.401. The van der Waals surface area contributed by atoms with E-state index >= 15 is 0 Å². The minimum Gasteiger partial charge on any atom is -0.463 e. The van der Waals surface area contributed by atoms with E-state index in [1.54, 1.807) is 47.4 Å². The first-order valence-electron chi connectivity index (χ1n) is 12.6. The van der Waals surface area contributed by atoms with Crippen molar-refractivity contribution in [3.8, 4) is 5.75 Å². The maximum absolute atomic E-state index is 13.0. The van der Waals surface area contributed by atoms with E-state index < -0.39 is 24.0 Å². The van der Waals surface area contributed by atoms with Gasteiger partial charge in [-0.15, -0.1) is 0 Å². The summed E-state index contributed by atoms with van der Waals surface area (Å²) in [6, 6.07) is 10.4. The number of esters is 1. The highest BCUT2D eigenvalue weighted by Crippen LogP contribution is 2.27. The normalized spacial score (nSPS) is 14.2. The van der Waals surface area contributed by atoms with Crippen molar-refractivity contribution in [1.82, 2.24) is 15.1 Å². The summed E-state index contributed by atoms with van der Waals surface area (Å²) in [5, 5.41) is 3.21. The molecule has 38 heavy (non-hydrogen) atoms. The van der Waals surface area contributed by atoms with Crippen molar-refractivity contribution in [3.63, 3.8) is 0 Å². The predicted octanol–water partition coefficient (Wildman–Crippen LogP) is 4.05. The van der Waals surface area contributed by atoms with Crippen LogP contribution in [0.3, 0.4) is 0 Å². The number of hydrogen-bond acceptors (Lipinski definition) is 7. The van der Waals surface area contributed by atoms with E-state index in [2.05, 4.69) is 10.2 Å². The van der Waals surface area contributed by atoms with Gasteiger partial charge in [0.05, 0.1) is 28.8 Å². The van der Waals surface area contributed by atoms with Gasteiger partial charge in [-0.3, -0.25) is 4.79 Å². The molecule has 0 spiro atoms. The SMILES string of the molecule is CCN(CC)CCOC(=O)C(Cc1ccc(OC(=O)N2CCOCC2)c(Cl)c1)NC(=O)c1ccccc1Cl. The third-order valence-corrected chi connectivity index (χ3v) is 6.78. The molecule has 0 aliphatic carbocycles. The number of carbonyl (C=O) groups excluding carboxylic acids is 3. The first kappa shape index (κ1) is 29.7. The Hall–Kier alpha value is -2.85. The van der Waals surface area contributed by atoms with Crippen LogP contribution >= 0.6 is 23.2 Å². The number of halogens is 2. The van der Waals surface area contributed by atoms with Gasteiger partial charge >= 0.3 is 12.1 Å². The molecule has 0 radical (unpaired) electrons. The lowest BCUT2D eigenvalue weighted by Gasteiger charge is -2.26. The summed E-state index contributed by atoms with van der Waals surface area (Å²) >= 11 is 12.6. The number of morpholine rings is 1. The molecule has 1 aliphatic heterocycles. The third-order valence-electron chi connectivity index (χ3n) is 6.16. The Kier molecular flexibility index (Phi) is 11.7. The standard InChI is InChI=1S/C27H33Cl2N3O6/c1-3-31(4-2)11-16-37-26(34)23(30-25(33)20-7-5-6-8-21(20)28)18-19-9-10-24(22(29)17-19)38-27(35)32-12-14-36-15-13-32/h5-10,17,23H,3-4,11-16,18H2,1-2H3,(H,30,33). The van der Waals surface area contributed by atoms with Crippen LogP contribution in [0.1, 0.15) is 29.8 Å². The number of carbonyl (C=O) groups is 3. The Labute approximate surface area is 232 Å². The van der Waals surface area contributed by atoms with Gasteiger partial charge in [-0.2, -0.15) is 0 Å². The Morgan fingerprint density at radius 1 is 1.05 bits per heavy atom. The maximum Gasteiger partial charge on any atom is 0.415 e. The lowest BCUT2D eigenvalue weighted by atomic mass is 10.0. The number of likely N-dealkylation sites (N-methyl/N-ethyl adjacent to an activating group) is 1. The van der Waals surface area contributed by atoms with Gasteiger partial charge in [0, 0.05) is 26.1 Å². The molecule has 2 amide bonds. The van der Waals surface area contributed by atoms with Crippen molar-refractivity contribution in [2.75, 3.05) is 52.5 Å². The molecule has 1 heterocycles. The van der Waals surface area contributed by atoms with Crippen LogP contribution in [0.5, 0.6) is 5.75 Å². The van der Waals surface area contributed by atoms with Crippen molar-refractivity contribution in [2.24, 2.45) is 0 Å². The summed E-state index contributed by atoms with van der Waals surface area (Å²) < 4.78 is 16.2. The predicted molar refractivity (Wildman–Crippen MR) is 145 cm³/mol. The van der Waals surface area contributed by atoms with Gasteiger partial charge in [-0.1, -0.05) is 55.2 Å². The molecule has 2 aromatic carbocycles. The molecule has 206 valence electrons. The van der Waals surface area contributed by atoms with Crippen LogP contribution in [0, 0.1) is 0 Å². The molecule has 1 unspecified atom stereocenters. The van der Waals surface area contributed by atoms with E-state index in [-0.39, 0.29) is 34.4 Å². The first-order chi connectivity index (χ1) is 18.3. The number of ether oxygens (including phenoxy) is 3. The van der Waals surface area contributed by atoms with Crippen LogP contribution < -0.4 is 10.1 Å². The quantitative estimate of drug-likeness (QED) is 0.410. The van der Waals surface area contributed by atoms with E-state index in [1.807, 2.05) is 13.8 Å². The van der Waals surface area contributed by atoms with Crippen LogP contribution in [-0.4, -0.2) is 86.4 Å². The zero-order valence-electron chi connectivity index (χ0n) is 21.6. The van der Waals surface area contributed by atoms with Crippen molar-refractivity contribution < 1.29 is 28.6 Å². The largest absolute Gasteiger partial charge is 0.463 e. The van der Waals surface area contributed by atoms with Crippen molar-refractivity contribution in [3.05, 3.63) is 63.6 Å². The van der Waals surface area contributed by atoms with Gasteiger partial charge in [0.1, 0.15) is 12.6 Å². The van der Waals surface area contributed by atoms with E-state index in [4.69, 9.17) is 37.4 Å². The zero-order chi connectivity index (χ0) is 27.5. The van der Waals surface area contributed by atoms with Crippen LogP contribution in [0.25, 0.3) is 0 Å². The molecule has 1 N–H and O–H groups in total. The van der Waals surface area contributed by atoms with E-state index in [0.717, 1.165) is 13.1 Å². The Bertz CT molecular complexity index is 1110. The van der Waals surface area contributed by atoms with Gasteiger partial charge in [-0.05, 0) is 42.9 Å². The number of hydrogen-bond donors (Lipinski definition) is 1. The molecular formula is C27H33Cl2N3O6. The van der Waals surface area contributed by atoms with Crippen molar-refractivity contribution in [2.45, 2.75) is 26.3 Å². The number of rotatable bonds is 11. The highest BCUT2D eigenvalue weighted by atomic mass is 35.5. The second-order valence-corrected chi connectivity index (χ2v) is 9.45. The highest BCUT2D eigenvalue weighted by Gasteiger charge is 2.25. The summed E-state index contributed by atoms with van der Waals surface area (Å²) in [7, 11) is 0. The van der Waals surface area contributed by atoms with Crippen LogP contribution in [-0.2, 0) is 20.7 Å². The van der Waals surface area contributed by atoms with Gasteiger partial charge in [0.25, 0.3) is 5.91 Å². The minimum atomic E-state index is -0.992. The van der Waals surface area contributed by atoms with E-state index in [1.165, 1.54) is 0 Å². The molecular weight excluding hydrogens is 533 g/mol. The Morgan fingerprint density at radius 2 is 1.76 bits per heavy atom. The number of benzene rings is 2. The summed E-state index contributed by atoms with van der Waals surface area (Å²) in [5.74, 6) is -0.870. The smallest absolute Gasteiger partial charge is 0.415 e. The molecule has 0 bridgehead atoms. The second-order valence-electron chi connectivity index (χ2n) is 8.64. The van der Waals surface area contributed by atoms with Crippen molar-refractivity contribution >= 4 is 41.2 Å². The van der Waals surface area contributed by atoms with Crippen molar-refractivity contribution in [1.29, 1.82) is 0 Å². The number of nitrogens with zero attached hydrogens (tertiary/aromatic N) is 2. The number of nitrogens with one attached hydrogen (secondary N) is 1. The lowest BCUT2D eigenvalue weighted by Crippen LogP contribution is -2.44. The van der Waals surface area contributed by atoms with Gasteiger partial charge in [0.2, 0.25) is 0 Å². The molecule has 9 nitrogen and oxygen atoms in total. The molecule has 0 aromatic heterocycles. The summed E-state index contributed by atoms with van der Waals surface area (Å²) in [6.45, 7) is 8.29. The maximum atomic E-state index is 13.0. The van der Waals surface area contributed by atoms with Crippen LogP contribution in [0.4, 0.5) is 4.79 Å². The molecule has 11 heteroatoms. The summed E-state index contributed by atoms with van der Waals surface area (Å²) in [4.78, 5) is 42.0. The van der Waals surface area contributed by atoms with Crippen LogP contribution in [0.2, 0.25) is 10.0 Å². The Balaban J connectivity index is 1.71. The molecule has 1 saturated heterocycles. The second kappa shape index (κ2) is 14.9. The lowest BCUT2D eigenvalue weighted by molar-refractivity contribution is -0.146. The first-order valence-corrected chi connectivity index (χ1v) is 13.3. The molecule has 3 rings (SSSR count). The fraction of sp³-hybridized carbons (Fsp3) is 0.444. The molecule has 1 atom stereocenters. The third kappa shape index (κ3) is 8.59. The van der Waals surface area contributed by atoms with Gasteiger partial charge in [0.15, 0.2) is 5.75 Å². The highest BCUT2D eigenvalue weighted by molar-refractivity contribution is 6.34. The fourth-order valence-electron chi connectivity index (χ4n) is 3.88. The topological polar surface area (TPSA) is 97.4 Å². The fourth-order valence-corrected chi connectivity index (χ4v) is 4.35. The average Bonchev–Trinajstić information content (AvgIpc) is 2.92. The zero-order valence-corrected chi connectivity index (χ0v) is 23.1. The van der Waals surface area contributed by atoms with Crippen LogP contribution in [0.15, 0.2) is 42.5 Å².